The van der Waals surface area contributed by atoms with Crippen molar-refractivity contribution in [1.29, 1.82) is 0 Å². The first-order valence-corrected chi connectivity index (χ1v) is 4.24. The van der Waals surface area contributed by atoms with Crippen LogP contribution in [0, 0.1) is 13.8 Å². The average Bonchev–Trinajstić information content (AvgIpc) is 2.59. The average molecular weight is 167 g/mol. The Morgan fingerprint density at radius 3 is 2.58 bits per heavy atom. The van der Waals surface area contributed by atoms with Crippen LogP contribution in [0.5, 0.6) is 0 Å². The van der Waals surface area contributed by atoms with Crippen molar-refractivity contribution in [2.24, 2.45) is 0 Å². The molecule has 1 saturated carbocycles. The Morgan fingerprint density at radius 1 is 1.50 bits per heavy atom. The van der Waals surface area contributed by atoms with E-state index in [9.17, 15) is 5.11 Å². The van der Waals surface area contributed by atoms with Crippen molar-refractivity contribution in [3.8, 4) is 0 Å². The van der Waals surface area contributed by atoms with Gasteiger partial charge in [-0.2, -0.15) is 0 Å². The predicted octanol–water partition coefficient (Wildman–Crippen LogP) is 1.36. The third kappa shape index (κ3) is 1.37. The van der Waals surface area contributed by atoms with Gasteiger partial charge in [0.05, 0.1) is 17.7 Å². The molecule has 1 N–H and O–H groups in total. The molecule has 0 unspecified atom stereocenters. The summed E-state index contributed by atoms with van der Waals surface area (Å²) in [6.45, 7) is 3.81. The van der Waals surface area contributed by atoms with Crippen LogP contribution in [-0.4, -0.2) is 15.7 Å². The predicted molar refractivity (Wildman–Crippen MR) is 43.9 cm³/mol. The minimum atomic E-state index is -0.496. The van der Waals surface area contributed by atoms with E-state index in [0.29, 0.717) is 12.3 Å². The molecular formula is C9H13NO2. The quantitative estimate of drug-likeness (QED) is 0.723. The number of aromatic nitrogens is 1. The highest BCUT2D eigenvalue weighted by Crippen LogP contribution is 2.38. The third-order valence-electron chi connectivity index (χ3n) is 2.38. The van der Waals surface area contributed by atoms with E-state index in [1.54, 1.807) is 0 Å². The molecule has 1 fully saturated rings. The summed E-state index contributed by atoms with van der Waals surface area (Å²) in [6, 6.07) is 0. The molecule has 1 heterocycles. The number of aliphatic hydroxyl groups is 1. The molecule has 0 aromatic carbocycles. The first-order valence-electron chi connectivity index (χ1n) is 4.24. The highest BCUT2D eigenvalue weighted by atomic mass is 16.4. The fourth-order valence-corrected chi connectivity index (χ4v) is 1.22. The van der Waals surface area contributed by atoms with Gasteiger partial charge < -0.3 is 9.52 Å². The lowest BCUT2D eigenvalue weighted by Gasteiger charge is -2.01. The van der Waals surface area contributed by atoms with Gasteiger partial charge in [0.25, 0.3) is 0 Å². The van der Waals surface area contributed by atoms with Crippen molar-refractivity contribution >= 4 is 0 Å². The van der Waals surface area contributed by atoms with Crippen molar-refractivity contribution in [2.75, 3.05) is 0 Å². The van der Waals surface area contributed by atoms with Crippen molar-refractivity contribution in [2.45, 2.75) is 38.7 Å². The molecule has 1 aliphatic carbocycles. The summed E-state index contributed by atoms with van der Waals surface area (Å²) in [6.07, 6.45) is 2.34. The van der Waals surface area contributed by atoms with Gasteiger partial charge in [0.2, 0.25) is 0 Å². The van der Waals surface area contributed by atoms with Crippen LogP contribution in [0.4, 0.5) is 0 Å². The standard InChI is InChI=1S/C9H13NO2/c1-6-7(2)12-8(10-6)5-9(11)3-4-9/h11H,3-5H2,1-2H3. The second-order valence-electron chi connectivity index (χ2n) is 3.65. The van der Waals surface area contributed by atoms with Crippen LogP contribution in [0.1, 0.15) is 30.2 Å². The molecule has 1 aromatic rings. The summed E-state index contributed by atoms with van der Waals surface area (Å²) in [4.78, 5) is 4.21. The van der Waals surface area contributed by atoms with E-state index in [1.165, 1.54) is 0 Å². The third-order valence-corrected chi connectivity index (χ3v) is 2.38. The molecule has 0 radical (unpaired) electrons. The molecule has 0 spiro atoms. The van der Waals surface area contributed by atoms with Gasteiger partial charge in [-0.15, -0.1) is 0 Å². The van der Waals surface area contributed by atoms with Crippen LogP contribution in [0.3, 0.4) is 0 Å². The zero-order chi connectivity index (χ0) is 8.77. The molecule has 0 saturated heterocycles. The minimum Gasteiger partial charge on any atom is -0.446 e. The Hall–Kier alpha value is -0.830. The number of hydrogen-bond donors (Lipinski definition) is 1. The normalized spacial score (nSPS) is 19.6. The zero-order valence-electron chi connectivity index (χ0n) is 7.42. The maximum absolute atomic E-state index is 9.58. The summed E-state index contributed by atoms with van der Waals surface area (Å²) >= 11 is 0. The van der Waals surface area contributed by atoms with Crippen LogP contribution in [0.15, 0.2) is 4.42 Å². The first kappa shape index (κ1) is 7.80. The maximum atomic E-state index is 9.58. The Morgan fingerprint density at radius 2 is 2.17 bits per heavy atom. The van der Waals surface area contributed by atoms with Gasteiger partial charge in [-0.1, -0.05) is 0 Å². The summed E-state index contributed by atoms with van der Waals surface area (Å²) in [5.41, 5.74) is 0.429. The molecule has 1 aliphatic rings. The van der Waals surface area contributed by atoms with Crippen LogP contribution >= 0.6 is 0 Å². The number of oxazole rings is 1. The van der Waals surface area contributed by atoms with Gasteiger partial charge in [0.15, 0.2) is 5.89 Å². The maximum Gasteiger partial charge on any atom is 0.197 e. The molecule has 2 rings (SSSR count). The van der Waals surface area contributed by atoms with E-state index < -0.39 is 5.60 Å². The highest BCUT2D eigenvalue weighted by molar-refractivity contribution is 5.09. The second-order valence-corrected chi connectivity index (χ2v) is 3.65. The lowest BCUT2D eigenvalue weighted by molar-refractivity contribution is 0.141. The van der Waals surface area contributed by atoms with Crippen molar-refractivity contribution in [1.82, 2.24) is 4.98 Å². The number of nitrogens with zero attached hydrogens (tertiary/aromatic N) is 1. The van der Waals surface area contributed by atoms with Gasteiger partial charge in [-0.3, -0.25) is 0 Å². The summed E-state index contributed by atoms with van der Waals surface area (Å²) in [5.74, 6) is 1.53. The highest BCUT2D eigenvalue weighted by Gasteiger charge is 2.41. The van der Waals surface area contributed by atoms with Gasteiger partial charge >= 0.3 is 0 Å². The Bertz CT molecular complexity index is 280. The number of rotatable bonds is 2. The monoisotopic (exact) mass is 167 g/mol. The van der Waals surface area contributed by atoms with Gasteiger partial charge in [0, 0.05) is 0 Å². The minimum absolute atomic E-state index is 0.496. The van der Waals surface area contributed by atoms with Crippen LogP contribution < -0.4 is 0 Å². The fourth-order valence-electron chi connectivity index (χ4n) is 1.22. The Kier molecular flexibility index (Phi) is 1.51. The summed E-state index contributed by atoms with van der Waals surface area (Å²) in [7, 11) is 0. The van der Waals surface area contributed by atoms with Crippen LogP contribution in [-0.2, 0) is 6.42 Å². The smallest absolute Gasteiger partial charge is 0.197 e. The molecule has 3 heteroatoms. The molecule has 0 atom stereocenters. The van der Waals surface area contributed by atoms with Gasteiger partial charge in [-0.05, 0) is 26.7 Å². The molecule has 0 bridgehead atoms. The fraction of sp³-hybridized carbons (Fsp3) is 0.667. The van der Waals surface area contributed by atoms with Crippen molar-refractivity contribution < 1.29 is 9.52 Å². The van der Waals surface area contributed by atoms with Crippen molar-refractivity contribution in [3.05, 3.63) is 17.3 Å². The van der Waals surface area contributed by atoms with Crippen LogP contribution in [0.25, 0.3) is 0 Å². The van der Waals surface area contributed by atoms with Gasteiger partial charge in [-0.25, -0.2) is 4.98 Å². The topological polar surface area (TPSA) is 46.3 Å². The second kappa shape index (κ2) is 2.33. The number of aryl methyl sites for hydroxylation is 2. The molecule has 1 aromatic heterocycles. The largest absolute Gasteiger partial charge is 0.446 e. The van der Waals surface area contributed by atoms with Crippen LogP contribution in [0.2, 0.25) is 0 Å². The molecule has 66 valence electrons. The van der Waals surface area contributed by atoms with Crippen molar-refractivity contribution in [3.63, 3.8) is 0 Å². The van der Waals surface area contributed by atoms with E-state index in [0.717, 1.165) is 24.3 Å². The zero-order valence-corrected chi connectivity index (χ0v) is 7.42. The first-order chi connectivity index (χ1) is 5.59. The summed E-state index contributed by atoms with van der Waals surface area (Å²) in [5, 5.41) is 9.58. The molecule has 0 amide bonds. The lowest BCUT2D eigenvalue weighted by Crippen LogP contribution is -2.10. The van der Waals surface area contributed by atoms with E-state index >= 15 is 0 Å². The molecule has 0 aliphatic heterocycles. The Labute approximate surface area is 71.4 Å². The van der Waals surface area contributed by atoms with Gasteiger partial charge in [0.1, 0.15) is 5.76 Å². The molecular weight excluding hydrogens is 154 g/mol. The Balaban J connectivity index is 2.13. The van der Waals surface area contributed by atoms with E-state index in [2.05, 4.69) is 4.98 Å². The molecule has 12 heavy (non-hydrogen) atoms. The molecule has 3 nitrogen and oxygen atoms in total. The van der Waals surface area contributed by atoms with E-state index in [1.807, 2.05) is 13.8 Å². The SMILES string of the molecule is Cc1nc(CC2(O)CC2)oc1C. The lowest BCUT2D eigenvalue weighted by atomic mass is 10.2. The van der Waals surface area contributed by atoms with E-state index in [-0.39, 0.29) is 0 Å². The number of hydrogen-bond acceptors (Lipinski definition) is 3. The summed E-state index contributed by atoms with van der Waals surface area (Å²) < 4.78 is 5.36. The van der Waals surface area contributed by atoms with E-state index in [4.69, 9.17) is 4.42 Å².